The molecular formula is C18H25NO3S. The van der Waals surface area contributed by atoms with Gasteiger partial charge in [0.1, 0.15) is 0 Å². The lowest BCUT2D eigenvalue weighted by molar-refractivity contribution is -0.125. The van der Waals surface area contributed by atoms with Gasteiger partial charge in [-0.2, -0.15) is 0 Å². The highest BCUT2D eigenvalue weighted by Crippen LogP contribution is 2.29. The van der Waals surface area contributed by atoms with Crippen molar-refractivity contribution in [2.75, 3.05) is 12.9 Å². The van der Waals surface area contributed by atoms with Crippen molar-refractivity contribution < 1.29 is 14.3 Å². The fourth-order valence-electron chi connectivity index (χ4n) is 2.98. The average Bonchev–Trinajstić information content (AvgIpc) is 2.57. The molecule has 0 radical (unpaired) electrons. The molecule has 1 aliphatic rings. The maximum Gasteiger partial charge on any atom is 0.338 e. The lowest BCUT2D eigenvalue weighted by atomic mass is 9.78. The van der Waals surface area contributed by atoms with Gasteiger partial charge < -0.3 is 10.1 Å². The molecule has 4 nitrogen and oxygen atoms in total. The van der Waals surface area contributed by atoms with Gasteiger partial charge in [0.2, 0.25) is 0 Å². The molecule has 1 aliphatic carbocycles. The SMILES string of the molecule is CSc1ccc(C(=O)OCC(=O)N[C@@H]2CCC[C@@H](C)[C@H]2C)cc1. The van der Waals surface area contributed by atoms with E-state index in [0.29, 0.717) is 17.4 Å². The van der Waals surface area contributed by atoms with Crippen LogP contribution in [0.4, 0.5) is 0 Å². The third kappa shape index (κ3) is 4.99. The molecule has 0 saturated heterocycles. The number of nitrogens with one attached hydrogen (secondary N) is 1. The van der Waals surface area contributed by atoms with Crippen molar-refractivity contribution in [3.8, 4) is 0 Å². The molecule has 0 aliphatic heterocycles. The lowest BCUT2D eigenvalue weighted by Crippen LogP contribution is -2.45. The summed E-state index contributed by atoms with van der Waals surface area (Å²) in [6.07, 6.45) is 5.33. The van der Waals surface area contributed by atoms with Crippen LogP contribution in [-0.4, -0.2) is 30.8 Å². The standard InChI is InChI=1S/C18H25NO3S/c1-12-5-4-6-16(13(12)2)19-17(20)11-22-18(21)14-7-9-15(23-3)10-8-14/h7-10,12-13,16H,4-6,11H2,1-3H3,(H,19,20)/t12-,13-,16-/m1/s1. The van der Waals surface area contributed by atoms with Gasteiger partial charge in [-0.25, -0.2) is 4.79 Å². The predicted octanol–water partition coefficient (Wildman–Crippen LogP) is 3.51. The van der Waals surface area contributed by atoms with Crippen molar-refractivity contribution in [1.82, 2.24) is 5.32 Å². The number of carbonyl (C=O) groups is 2. The molecule has 1 fully saturated rings. The van der Waals surface area contributed by atoms with Crippen LogP contribution in [0, 0.1) is 11.8 Å². The maximum atomic E-state index is 12.0. The van der Waals surface area contributed by atoms with Crippen LogP contribution in [0.1, 0.15) is 43.5 Å². The molecule has 0 bridgehead atoms. The fourth-order valence-corrected chi connectivity index (χ4v) is 3.38. The summed E-state index contributed by atoms with van der Waals surface area (Å²) in [6, 6.07) is 7.36. The first-order valence-corrected chi connectivity index (χ1v) is 9.34. The first-order valence-electron chi connectivity index (χ1n) is 8.11. The molecule has 1 saturated carbocycles. The Hall–Kier alpha value is -1.49. The highest BCUT2D eigenvalue weighted by molar-refractivity contribution is 7.98. The smallest absolute Gasteiger partial charge is 0.338 e. The topological polar surface area (TPSA) is 55.4 Å². The van der Waals surface area contributed by atoms with Crippen LogP contribution in [0.5, 0.6) is 0 Å². The Morgan fingerprint density at radius 2 is 1.91 bits per heavy atom. The monoisotopic (exact) mass is 335 g/mol. The molecular weight excluding hydrogens is 310 g/mol. The molecule has 23 heavy (non-hydrogen) atoms. The third-order valence-corrected chi connectivity index (χ3v) is 5.46. The van der Waals surface area contributed by atoms with E-state index in [1.165, 1.54) is 6.42 Å². The molecule has 0 spiro atoms. The summed E-state index contributed by atoms with van der Waals surface area (Å²) in [6.45, 7) is 4.18. The number of amides is 1. The summed E-state index contributed by atoms with van der Waals surface area (Å²) < 4.78 is 5.11. The highest BCUT2D eigenvalue weighted by atomic mass is 32.2. The van der Waals surface area contributed by atoms with Crippen molar-refractivity contribution in [3.05, 3.63) is 29.8 Å². The molecule has 126 valence electrons. The Balaban J connectivity index is 1.80. The fraction of sp³-hybridized carbons (Fsp3) is 0.556. The zero-order valence-electron chi connectivity index (χ0n) is 14.0. The zero-order valence-corrected chi connectivity index (χ0v) is 14.8. The van der Waals surface area contributed by atoms with Gasteiger partial charge in [0, 0.05) is 10.9 Å². The Kier molecular flexibility index (Phi) is 6.51. The summed E-state index contributed by atoms with van der Waals surface area (Å²) in [5.74, 6) is 0.400. The van der Waals surface area contributed by atoms with Crippen molar-refractivity contribution in [2.45, 2.75) is 44.0 Å². The zero-order chi connectivity index (χ0) is 16.8. The van der Waals surface area contributed by atoms with Gasteiger partial charge in [0.25, 0.3) is 5.91 Å². The van der Waals surface area contributed by atoms with Gasteiger partial charge in [0.05, 0.1) is 5.56 Å². The Morgan fingerprint density at radius 3 is 2.57 bits per heavy atom. The second-order valence-corrected chi connectivity index (χ2v) is 7.13. The minimum Gasteiger partial charge on any atom is -0.452 e. The summed E-state index contributed by atoms with van der Waals surface area (Å²) >= 11 is 1.61. The van der Waals surface area contributed by atoms with Gasteiger partial charge in [-0.1, -0.05) is 26.7 Å². The predicted molar refractivity (Wildman–Crippen MR) is 92.6 cm³/mol. The average molecular weight is 335 g/mol. The number of hydrogen-bond acceptors (Lipinski definition) is 4. The summed E-state index contributed by atoms with van der Waals surface area (Å²) in [4.78, 5) is 25.0. The summed E-state index contributed by atoms with van der Waals surface area (Å²) in [5.41, 5.74) is 0.468. The molecule has 2 rings (SSSR count). The Labute approximate surface area is 142 Å². The van der Waals surface area contributed by atoms with Crippen LogP contribution in [0.2, 0.25) is 0 Å². The molecule has 1 aromatic rings. The first-order chi connectivity index (χ1) is 11.0. The van der Waals surface area contributed by atoms with Gasteiger partial charge in [-0.15, -0.1) is 11.8 Å². The molecule has 1 N–H and O–H groups in total. The molecule has 3 atom stereocenters. The first kappa shape index (κ1) is 17.9. The van der Waals surface area contributed by atoms with E-state index in [2.05, 4.69) is 19.2 Å². The minimum atomic E-state index is -0.460. The van der Waals surface area contributed by atoms with Crippen molar-refractivity contribution in [1.29, 1.82) is 0 Å². The lowest BCUT2D eigenvalue weighted by Gasteiger charge is -2.34. The molecule has 0 unspecified atom stereocenters. The molecule has 0 aromatic heterocycles. The van der Waals surface area contributed by atoms with Crippen LogP contribution in [0.15, 0.2) is 29.2 Å². The second kappa shape index (κ2) is 8.39. The van der Waals surface area contributed by atoms with Crippen LogP contribution in [0.3, 0.4) is 0 Å². The van der Waals surface area contributed by atoms with Crippen molar-refractivity contribution >= 4 is 23.6 Å². The molecule has 5 heteroatoms. The van der Waals surface area contributed by atoms with Gasteiger partial charge in [0.15, 0.2) is 6.61 Å². The maximum absolute atomic E-state index is 12.0. The number of rotatable bonds is 5. The second-order valence-electron chi connectivity index (χ2n) is 6.25. The van der Waals surface area contributed by atoms with E-state index in [9.17, 15) is 9.59 Å². The number of hydrogen-bond donors (Lipinski definition) is 1. The normalized spacial score (nSPS) is 24.0. The van der Waals surface area contributed by atoms with E-state index in [-0.39, 0.29) is 18.6 Å². The van der Waals surface area contributed by atoms with Crippen molar-refractivity contribution in [2.24, 2.45) is 11.8 Å². The van der Waals surface area contributed by atoms with E-state index in [1.807, 2.05) is 18.4 Å². The Bertz CT molecular complexity index is 544. The third-order valence-electron chi connectivity index (χ3n) is 4.71. The van der Waals surface area contributed by atoms with E-state index < -0.39 is 5.97 Å². The number of thioether (sulfide) groups is 1. The minimum absolute atomic E-state index is 0.186. The van der Waals surface area contributed by atoms with Crippen molar-refractivity contribution in [3.63, 3.8) is 0 Å². The van der Waals surface area contributed by atoms with Gasteiger partial charge in [-0.3, -0.25) is 4.79 Å². The van der Waals surface area contributed by atoms with E-state index >= 15 is 0 Å². The van der Waals surface area contributed by atoms with Crippen LogP contribution < -0.4 is 5.32 Å². The van der Waals surface area contributed by atoms with Gasteiger partial charge >= 0.3 is 5.97 Å². The summed E-state index contributed by atoms with van der Waals surface area (Å²) in [5, 5.41) is 3.00. The van der Waals surface area contributed by atoms with Crippen LogP contribution in [0.25, 0.3) is 0 Å². The number of ether oxygens (including phenoxy) is 1. The highest BCUT2D eigenvalue weighted by Gasteiger charge is 2.28. The number of carbonyl (C=O) groups excluding carboxylic acids is 2. The van der Waals surface area contributed by atoms with E-state index in [4.69, 9.17) is 4.74 Å². The summed E-state index contributed by atoms with van der Waals surface area (Å²) in [7, 11) is 0. The van der Waals surface area contributed by atoms with E-state index in [1.54, 1.807) is 23.9 Å². The molecule has 0 heterocycles. The van der Waals surface area contributed by atoms with Gasteiger partial charge in [-0.05, 0) is 48.8 Å². The van der Waals surface area contributed by atoms with Crippen LogP contribution in [-0.2, 0) is 9.53 Å². The van der Waals surface area contributed by atoms with E-state index in [0.717, 1.165) is 17.7 Å². The Morgan fingerprint density at radius 1 is 1.22 bits per heavy atom. The largest absolute Gasteiger partial charge is 0.452 e. The molecule has 1 aromatic carbocycles. The van der Waals surface area contributed by atoms with Crippen LogP contribution >= 0.6 is 11.8 Å². The quantitative estimate of drug-likeness (QED) is 0.661. The number of benzene rings is 1. The molecule has 1 amide bonds. The number of esters is 1.